The molecule has 0 radical (unpaired) electrons. The van der Waals surface area contributed by atoms with Gasteiger partial charge in [-0.3, -0.25) is 4.79 Å². The molecule has 0 bridgehead atoms. The standard InChI is InChI=1S/C18H16O3/c1-2-10-20-14-8-9-17-15(11-14)16(19)12-18(21-17)13-6-4-3-5-7-13/h3-9,11-12H,2,10H2,1H3. The van der Waals surface area contributed by atoms with Crippen LogP contribution in [-0.2, 0) is 0 Å². The van der Waals surface area contributed by atoms with Crippen LogP contribution in [0.1, 0.15) is 13.3 Å². The number of benzene rings is 2. The predicted octanol–water partition coefficient (Wildman–Crippen LogP) is 4.25. The molecule has 0 saturated carbocycles. The van der Waals surface area contributed by atoms with Crippen molar-refractivity contribution in [2.24, 2.45) is 0 Å². The molecule has 3 heteroatoms. The Hall–Kier alpha value is -2.55. The fraction of sp³-hybridized carbons (Fsp3) is 0.167. The van der Waals surface area contributed by atoms with Gasteiger partial charge in [-0.25, -0.2) is 0 Å². The zero-order chi connectivity index (χ0) is 14.7. The van der Waals surface area contributed by atoms with E-state index >= 15 is 0 Å². The summed E-state index contributed by atoms with van der Waals surface area (Å²) in [5, 5.41) is 0.545. The zero-order valence-corrected chi connectivity index (χ0v) is 11.8. The Balaban J connectivity index is 2.07. The molecule has 0 atom stereocenters. The average molecular weight is 280 g/mol. The number of ether oxygens (including phenoxy) is 1. The van der Waals surface area contributed by atoms with Crippen LogP contribution in [0.2, 0.25) is 0 Å². The Morgan fingerprint density at radius 3 is 2.62 bits per heavy atom. The van der Waals surface area contributed by atoms with E-state index in [0.717, 1.165) is 12.0 Å². The van der Waals surface area contributed by atoms with Gasteiger partial charge in [0.15, 0.2) is 5.43 Å². The molecule has 3 nitrogen and oxygen atoms in total. The van der Waals surface area contributed by atoms with Crippen LogP contribution >= 0.6 is 0 Å². The molecule has 21 heavy (non-hydrogen) atoms. The Labute approximate surface area is 122 Å². The molecule has 106 valence electrons. The van der Waals surface area contributed by atoms with E-state index in [0.29, 0.717) is 29.1 Å². The smallest absolute Gasteiger partial charge is 0.193 e. The van der Waals surface area contributed by atoms with Gasteiger partial charge in [-0.15, -0.1) is 0 Å². The number of rotatable bonds is 4. The number of hydrogen-bond acceptors (Lipinski definition) is 3. The first-order chi connectivity index (χ1) is 10.3. The Bertz CT molecular complexity index is 804. The predicted molar refractivity (Wildman–Crippen MR) is 83.7 cm³/mol. The second kappa shape index (κ2) is 5.83. The van der Waals surface area contributed by atoms with Crippen molar-refractivity contribution in [3.63, 3.8) is 0 Å². The van der Waals surface area contributed by atoms with Crippen LogP contribution in [0.3, 0.4) is 0 Å². The van der Waals surface area contributed by atoms with Crippen LogP contribution in [-0.4, -0.2) is 6.61 Å². The molecule has 2 aromatic carbocycles. The molecule has 0 fully saturated rings. The molecule has 1 heterocycles. The van der Waals surface area contributed by atoms with Crippen molar-refractivity contribution in [3.8, 4) is 17.1 Å². The van der Waals surface area contributed by atoms with Crippen molar-refractivity contribution in [2.45, 2.75) is 13.3 Å². The maximum absolute atomic E-state index is 12.3. The Morgan fingerprint density at radius 2 is 1.86 bits per heavy atom. The van der Waals surface area contributed by atoms with Gasteiger partial charge in [0.25, 0.3) is 0 Å². The summed E-state index contributed by atoms with van der Waals surface area (Å²) in [7, 11) is 0. The molecule has 3 aromatic rings. The van der Waals surface area contributed by atoms with Gasteiger partial charge in [-0.1, -0.05) is 37.3 Å². The fourth-order valence-electron chi connectivity index (χ4n) is 2.19. The summed E-state index contributed by atoms with van der Waals surface area (Å²) in [5.41, 5.74) is 1.41. The highest BCUT2D eigenvalue weighted by molar-refractivity contribution is 5.80. The average Bonchev–Trinajstić information content (AvgIpc) is 2.54. The van der Waals surface area contributed by atoms with Gasteiger partial charge < -0.3 is 9.15 Å². The monoisotopic (exact) mass is 280 g/mol. The zero-order valence-electron chi connectivity index (χ0n) is 11.8. The van der Waals surface area contributed by atoms with E-state index in [-0.39, 0.29) is 5.43 Å². The quantitative estimate of drug-likeness (QED) is 0.717. The molecule has 0 aliphatic rings. The highest BCUT2D eigenvalue weighted by Gasteiger charge is 2.07. The van der Waals surface area contributed by atoms with Gasteiger partial charge in [-0.2, -0.15) is 0 Å². The van der Waals surface area contributed by atoms with Crippen molar-refractivity contribution >= 4 is 11.0 Å². The first-order valence-electron chi connectivity index (χ1n) is 7.04. The first-order valence-corrected chi connectivity index (χ1v) is 7.04. The van der Waals surface area contributed by atoms with Crippen molar-refractivity contribution in [2.75, 3.05) is 6.61 Å². The van der Waals surface area contributed by atoms with Crippen LogP contribution in [0.15, 0.2) is 63.8 Å². The molecule has 0 aliphatic carbocycles. The van der Waals surface area contributed by atoms with Crippen LogP contribution in [0.5, 0.6) is 5.75 Å². The summed E-state index contributed by atoms with van der Waals surface area (Å²) in [6.45, 7) is 2.68. The van der Waals surface area contributed by atoms with Gasteiger partial charge in [0.2, 0.25) is 0 Å². The topological polar surface area (TPSA) is 39.4 Å². The van der Waals surface area contributed by atoms with Crippen LogP contribution in [0.4, 0.5) is 0 Å². The van der Waals surface area contributed by atoms with Gasteiger partial charge in [0.1, 0.15) is 17.1 Å². The third kappa shape index (κ3) is 2.82. The summed E-state index contributed by atoms with van der Waals surface area (Å²) in [6.07, 6.45) is 0.930. The van der Waals surface area contributed by atoms with E-state index in [1.54, 1.807) is 12.1 Å². The van der Waals surface area contributed by atoms with Crippen LogP contribution in [0, 0.1) is 0 Å². The minimum atomic E-state index is -0.0583. The van der Waals surface area contributed by atoms with E-state index in [1.807, 2.05) is 43.3 Å². The highest BCUT2D eigenvalue weighted by Crippen LogP contribution is 2.24. The molecular formula is C18H16O3. The van der Waals surface area contributed by atoms with Gasteiger partial charge in [-0.05, 0) is 24.6 Å². The largest absolute Gasteiger partial charge is 0.494 e. The molecule has 0 N–H and O–H groups in total. The van der Waals surface area contributed by atoms with E-state index < -0.39 is 0 Å². The molecule has 0 aliphatic heterocycles. The maximum Gasteiger partial charge on any atom is 0.193 e. The fourth-order valence-corrected chi connectivity index (χ4v) is 2.19. The number of fused-ring (bicyclic) bond motifs is 1. The molecule has 1 aromatic heterocycles. The summed E-state index contributed by atoms with van der Waals surface area (Å²) >= 11 is 0. The van der Waals surface area contributed by atoms with E-state index in [1.165, 1.54) is 6.07 Å². The molecule has 3 rings (SSSR count). The minimum Gasteiger partial charge on any atom is -0.494 e. The summed E-state index contributed by atoms with van der Waals surface area (Å²) in [5.74, 6) is 1.28. The van der Waals surface area contributed by atoms with Crippen LogP contribution < -0.4 is 10.2 Å². The lowest BCUT2D eigenvalue weighted by atomic mass is 10.1. The van der Waals surface area contributed by atoms with Crippen molar-refractivity contribution in [1.29, 1.82) is 0 Å². The lowest BCUT2D eigenvalue weighted by Gasteiger charge is -2.06. The summed E-state index contributed by atoms with van der Waals surface area (Å²) < 4.78 is 11.4. The summed E-state index contributed by atoms with van der Waals surface area (Å²) in [4.78, 5) is 12.3. The van der Waals surface area contributed by atoms with E-state index in [9.17, 15) is 4.79 Å². The molecule has 0 amide bonds. The minimum absolute atomic E-state index is 0.0583. The lowest BCUT2D eigenvalue weighted by molar-refractivity contribution is 0.317. The normalized spacial score (nSPS) is 10.7. The van der Waals surface area contributed by atoms with E-state index in [4.69, 9.17) is 9.15 Å². The second-order valence-corrected chi connectivity index (χ2v) is 4.85. The number of hydrogen-bond donors (Lipinski definition) is 0. The van der Waals surface area contributed by atoms with Gasteiger partial charge in [0, 0.05) is 11.6 Å². The molecule has 0 saturated heterocycles. The van der Waals surface area contributed by atoms with E-state index in [2.05, 4.69) is 0 Å². The Morgan fingerprint density at radius 1 is 1.05 bits per heavy atom. The SMILES string of the molecule is CCCOc1ccc2oc(-c3ccccc3)cc(=O)c2c1. The van der Waals surface area contributed by atoms with Crippen LogP contribution in [0.25, 0.3) is 22.3 Å². The lowest BCUT2D eigenvalue weighted by Crippen LogP contribution is -2.01. The van der Waals surface area contributed by atoms with Crippen molar-refractivity contribution < 1.29 is 9.15 Å². The van der Waals surface area contributed by atoms with Crippen molar-refractivity contribution in [1.82, 2.24) is 0 Å². The third-order valence-electron chi connectivity index (χ3n) is 3.23. The molecular weight excluding hydrogens is 264 g/mol. The second-order valence-electron chi connectivity index (χ2n) is 4.85. The maximum atomic E-state index is 12.3. The first kappa shape index (κ1) is 13.4. The van der Waals surface area contributed by atoms with Gasteiger partial charge >= 0.3 is 0 Å². The molecule has 0 spiro atoms. The molecule has 0 unspecified atom stereocenters. The Kier molecular flexibility index (Phi) is 3.73. The van der Waals surface area contributed by atoms with Crippen molar-refractivity contribution in [3.05, 3.63) is 64.8 Å². The third-order valence-corrected chi connectivity index (χ3v) is 3.23. The summed E-state index contributed by atoms with van der Waals surface area (Å²) in [6, 6.07) is 16.5. The van der Waals surface area contributed by atoms with Gasteiger partial charge in [0.05, 0.1) is 12.0 Å². The highest BCUT2D eigenvalue weighted by atomic mass is 16.5.